The molecule has 1 rings (SSSR count). The minimum Gasteiger partial charge on any atom is -0.356 e. The zero-order chi connectivity index (χ0) is 11.3. The fourth-order valence-electron chi connectivity index (χ4n) is 2.09. The van der Waals surface area contributed by atoms with Crippen molar-refractivity contribution in [2.75, 3.05) is 6.54 Å². The number of carbonyl (C=O) groups is 1. The first-order valence-electron chi connectivity index (χ1n) is 6.10. The van der Waals surface area contributed by atoms with Crippen molar-refractivity contribution in [2.45, 2.75) is 52.0 Å². The Hall–Kier alpha value is -0.570. The average molecular weight is 212 g/mol. The van der Waals surface area contributed by atoms with Gasteiger partial charge in [0.1, 0.15) is 0 Å². The maximum atomic E-state index is 11.4. The van der Waals surface area contributed by atoms with Gasteiger partial charge in [0.2, 0.25) is 5.91 Å². The minimum atomic E-state index is 0.194. The number of nitrogens with one attached hydrogen (secondary N) is 1. The van der Waals surface area contributed by atoms with Crippen LogP contribution in [0.25, 0.3) is 0 Å². The van der Waals surface area contributed by atoms with Crippen molar-refractivity contribution >= 4 is 5.91 Å². The Morgan fingerprint density at radius 1 is 1.33 bits per heavy atom. The van der Waals surface area contributed by atoms with Gasteiger partial charge in [-0.2, -0.15) is 0 Å². The van der Waals surface area contributed by atoms with Crippen LogP contribution in [0.5, 0.6) is 0 Å². The summed E-state index contributed by atoms with van der Waals surface area (Å²) in [4.78, 5) is 11.4. The van der Waals surface area contributed by atoms with Crippen LogP contribution in [0, 0.1) is 11.8 Å². The molecule has 1 fully saturated rings. The van der Waals surface area contributed by atoms with E-state index in [1.807, 2.05) is 0 Å². The zero-order valence-corrected chi connectivity index (χ0v) is 9.96. The van der Waals surface area contributed by atoms with Crippen LogP contribution in [0.1, 0.15) is 46.0 Å². The molecule has 1 saturated carbocycles. The highest BCUT2D eigenvalue weighted by Gasteiger charge is 2.18. The van der Waals surface area contributed by atoms with E-state index in [0.717, 1.165) is 19.4 Å². The minimum absolute atomic E-state index is 0.194. The number of carbonyl (C=O) groups excluding carboxylic acids is 1. The summed E-state index contributed by atoms with van der Waals surface area (Å²) in [5.41, 5.74) is 5.83. The molecule has 0 aromatic heterocycles. The lowest BCUT2D eigenvalue weighted by molar-refractivity contribution is -0.122. The van der Waals surface area contributed by atoms with Gasteiger partial charge >= 0.3 is 0 Å². The molecule has 1 amide bonds. The van der Waals surface area contributed by atoms with Crippen molar-refractivity contribution in [1.82, 2.24) is 5.32 Å². The molecule has 15 heavy (non-hydrogen) atoms. The van der Waals surface area contributed by atoms with Crippen LogP contribution in [0.2, 0.25) is 0 Å². The number of rotatable bonds is 4. The monoisotopic (exact) mass is 212 g/mol. The summed E-state index contributed by atoms with van der Waals surface area (Å²) in [6.07, 6.45) is 5.22. The highest BCUT2D eigenvalue weighted by molar-refractivity contribution is 5.76. The van der Waals surface area contributed by atoms with Crippen LogP contribution in [-0.4, -0.2) is 18.5 Å². The number of amides is 1. The van der Waals surface area contributed by atoms with Gasteiger partial charge in [-0.1, -0.05) is 13.8 Å². The van der Waals surface area contributed by atoms with Gasteiger partial charge in [-0.3, -0.25) is 4.79 Å². The number of nitrogens with two attached hydrogens (primary N) is 1. The van der Waals surface area contributed by atoms with Crippen LogP contribution in [0.3, 0.4) is 0 Å². The Balaban J connectivity index is 2.12. The molecule has 0 unspecified atom stereocenters. The van der Waals surface area contributed by atoms with Crippen LogP contribution >= 0.6 is 0 Å². The first-order valence-corrected chi connectivity index (χ1v) is 6.10. The molecule has 0 radical (unpaired) electrons. The fraction of sp³-hybridized carbons (Fsp3) is 0.917. The molecule has 0 spiro atoms. The van der Waals surface area contributed by atoms with Crippen molar-refractivity contribution in [1.29, 1.82) is 0 Å². The molecule has 3 nitrogen and oxygen atoms in total. The van der Waals surface area contributed by atoms with E-state index in [1.165, 1.54) is 12.8 Å². The normalized spacial score (nSPS) is 26.7. The van der Waals surface area contributed by atoms with Gasteiger partial charge in [0.05, 0.1) is 0 Å². The maximum Gasteiger partial charge on any atom is 0.220 e. The predicted octanol–water partition coefficient (Wildman–Crippen LogP) is 1.67. The van der Waals surface area contributed by atoms with Crippen molar-refractivity contribution < 1.29 is 4.79 Å². The Morgan fingerprint density at radius 2 is 1.93 bits per heavy atom. The Morgan fingerprint density at radius 3 is 2.47 bits per heavy atom. The van der Waals surface area contributed by atoms with Gasteiger partial charge in [-0.05, 0) is 37.5 Å². The van der Waals surface area contributed by atoms with Crippen molar-refractivity contribution in [3.8, 4) is 0 Å². The molecular weight excluding hydrogens is 188 g/mol. The molecule has 3 heteroatoms. The van der Waals surface area contributed by atoms with Crippen LogP contribution in [0.15, 0.2) is 0 Å². The molecule has 1 aliphatic carbocycles. The van der Waals surface area contributed by atoms with E-state index < -0.39 is 0 Å². The number of hydrogen-bond acceptors (Lipinski definition) is 2. The highest BCUT2D eigenvalue weighted by atomic mass is 16.1. The van der Waals surface area contributed by atoms with E-state index in [9.17, 15) is 4.79 Å². The Bertz CT molecular complexity index is 196. The van der Waals surface area contributed by atoms with Gasteiger partial charge in [0.15, 0.2) is 0 Å². The molecule has 0 aliphatic heterocycles. The third-order valence-electron chi connectivity index (χ3n) is 3.07. The summed E-state index contributed by atoms with van der Waals surface area (Å²) in [6, 6.07) is 0.396. The summed E-state index contributed by atoms with van der Waals surface area (Å²) in [5, 5.41) is 3.02. The average Bonchev–Trinajstić information content (AvgIpc) is 2.16. The van der Waals surface area contributed by atoms with Crippen molar-refractivity contribution in [3.05, 3.63) is 0 Å². The van der Waals surface area contributed by atoms with Gasteiger partial charge < -0.3 is 11.1 Å². The second-order valence-corrected chi connectivity index (χ2v) is 5.18. The lowest BCUT2D eigenvalue weighted by Crippen LogP contribution is -2.34. The summed E-state index contributed by atoms with van der Waals surface area (Å²) in [6.45, 7) is 4.98. The van der Waals surface area contributed by atoms with Crippen LogP contribution in [-0.2, 0) is 4.79 Å². The van der Waals surface area contributed by atoms with E-state index in [-0.39, 0.29) is 5.91 Å². The summed E-state index contributed by atoms with van der Waals surface area (Å²) in [7, 11) is 0. The topological polar surface area (TPSA) is 55.1 Å². The Labute approximate surface area is 92.8 Å². The van der Waals surface area contributed by atoms with Crippen LogP contribution < -0.4 is 11.1 Å². The van der Waals surface area contributed by atoms with Crippen LogP contribution in [0.4, 0.5) is 0 Å². The van der Waals surface area contributed by atoms with Gasteiger partial charge in [-0.15, -0.1) is 0 Å². The van der Waals surface area contributed by atoms with Gasteiger partial charge in [0.25, 0.3) is 0 Å². The molecule has 0 aromatic carbocycles. The molecule has 3 N–H and O–H groups in total. The second-order valence-electron chi connectivity index (χ2n) is 5.18. The van der Waals surface area contributed by atoms with Crippen molar-refractivity contribution in [3.63, 3.8) is 0 Å². The maximum absolute atomic E-state index is 11.4. The molecule has 1 aliphatic rings. The predicted molar refractivity (Wildman–Crippen MR) is 62.4 cm³/mol. The van der Waals surface area contributed by atoms with Crippen molar-refractivity contribution in [2.24, 2.45) is 17.6 Å². The first kappa shape index (κ1) is 12.5. The van der Waals surface area contributed by atoms with Gasteiger partial charge in [0, 0.05) is 19.0 Å². The van der Waals surface area contributed by atoms with E-state index in [4.69, 9.17) is 5.73 Å². The quantitative estimate of drug-likeness (QED) is 0.744. The molecule has 0 saturated heterocycles. The first-order chi connectivity index (χ1) is 7.08. The SMILES string of the molecule is CC(C)CC(=O)NCC1CCC(N)CC1. The zero-order valence-electron chi connectivity index (χ0n) is 9.96. The third-order valence-corrected chi connectivity index (χ3v) is 3.07. The molecule has 0 atom stereocenters. The molecule has 0 bridgehead atoms. The second kappa shape index (κ2) is 6.11. The fourth-order valence-corrected chi connectivity index (χ4v) is 2.09. The smallest absolute Gasteiger partial charge is 0.220 e. The summed E-state index contributed by atoms with van der Waals surface area (Å²) in [5.74, 6) is 1.30. The largest absolute Gasteiger partial charge is 0.356 e. The lowest BCUT2D eigenvalue weighted by atomic mass is 9.86. The summed E-state index contributed by atoms with van der Waals surface area (Å²) >= 11 is 0. The Kier molecular flexibility index (Phi) is 5.09. The molecule has 88 valence electrons. The summed E-state index contributed by atoms with van der Waals surface area (Å²) < 4.78 is 0. The van der Waals surface area contributed by atoms with E-state index >= 15 is 0 Å². The molecular formula is C12H24N2O. The highest BCUT2D eigenvalue weighted by Crippen LogP contribution is 2.22. The lowest BCUT2D eigenvalue weighted by Gasteiger charge is -2.26. The number of hydrogen-bond donors (Lipinski definition) is 2. The molecule has 0 heterocycles. The van der Waals surface area contributed by atoms with E-state index in [2.05, 4.69) is 19.2 Å². The standard InChI is InChI=1S/C12H24N2O/c1-9(2)7-12(15)14-8-10-3-5-11(13)6-4-10/h9-11H,3-8,13H2,1-2H3,(H,14,15). The van der Waals surface area contributed by atoms with E-state index in [1.54, 1.807) is 0 Å². The van der Waals surface area contributed by atoms with E-state index in [0.29, 0.717) is 24.3 Å². The third kappa shape index (κ3) is 5.17. The molecule has 0 aromatic rings. The van der Waals surface area contributed by atoms with Gasteiger partial charge in [-0.25, -0.2) is 0 Å².